The van der Waals surface area contributed by atoms with Crippen LogP contribution < -0.4 is 4.74 Å². The molecule has 1 aromatic carbocycles. The Kier molecular flexibility index (Phi) is 6.52. The summed E-state index contributed by atoms with van der Waals surface area (Å²) in [5.74, 6) is 0.472. The fraction of sp³-hybridized carbons (Fsp3) is 0.562. The van der Waals surface area contributed by atoms with Crippen LogP contribution in [0, 0.1) is 5.92 Å². The van der Waals surface area contributed by atoms with Crippen molar-refractivity contribution in [2.45, 2.75) is 33.7 Å². The highest BCUT2D eigenvalue weighted by atomic mass is 16.5. The third kappa shape index (κ3) is 4.53. The Hall–Kier alpha value is -1.55. The molecule has 1 aromatic rings. The van der Waals surface area contributed by atoms with Crippen LogP contribution in [-0.2, 0) is 6.54 Å². The number of benzene rings is 1. The molecule has 1 rings (SSSR count). The van der Waals surface area contributed by atoms with Crippen LogP contribution in [0.5, 0.6) is 5.75 Å². The molecular formula is C16H25NO3. The fourth-order valence-corrected chi connectivity index (χ4v) is 2.15. The summed E-state index contributed by atoms with van der Waals surface area (Å²) in [7, 11) is 1.62. The number of hydrogen-bond donors (Lipinski definition) is 1. The van der Waals surface area contributed by atoms with Gasteiger partial charge in [0.15, 0.2) is 0 Å². The van der Waals surface area contributed by atoms with Crippen LogP contribution >= 0.6 is 0 Å². The lowest BCUT2D eigenvalue weighted by molar-refractivity contribution is 0.0696. The normalized spacial score (nSPS) is 12.4. The summed E-state index contributed by atoms with van der Waals surface area (Å²) in [6.07, 6.45) is 1.14. The predicted molar refractivity (Wildman–Crippen MR) is 80.4 cm³/mol. The molecule has 0 fully saturated rings. The Morgan fingerprint density at radius 2 is 2.10 bits per heavy atom. The van der Waals surface area contributed by atoms with Gasteiger partial charge in [0.25, 0.3) is 0 Å². The highest BCUT2D eigenvalue weighted by Crippen LogP contribution is 2.22. The van der Waals surface area contributed by atoms with E-state index in [0.717, 1.165) is 30.8 Å². The van der Waals surface area contributed by atoms with E-state index in [-0.39, 0.29) is 0 Å². The number of carbonyl (C=O) groups is 1. The lowest BCUT2D eigenvalue weighted by atomic mass is 10.1. The number of aromatic carboxylic acids is 1. The maximum absolute atomic E-state index is 11.1. The summed E-state index contributed by atoms with van der Waals surface area (Å²) in [5.41, 5.74) is 1.23. The maximum atomic E-state index is 11.1. The molecule has 1 unspecified atom stereocenters. The molecule has 0 amide bonds. The molecule has 1 N–H and O–H groups in total. The van der Waals surface area contributed by atoms with Crippen LogP contribution in [0.3, 0.4) is 0 Å². The van der Waals surface area contributed by atoms with Crippen LogP contribution in [0.4, 0.5) is 0 Å². The van der Waals surface area contributed by atoms with Crippen molar-refractivity contribution in [3.05, 3.63) is 29.3 Å². The average Bonchev–Trinajstić information content (AvgIpc) is 2.45. The van der Waals surface area contributed by atoms with Gasteiger partial charge in [-0.1, -0.05) is 27.2 Å². The van der Waals surface area contributed by atoms with Gasteiger partial charge in [-0.3, -0.25) is 4.90 Å². The molecule has 4 nitrogen and oxygen atoms in total. The van der Waals surface area contributed by atoms with Crippen molar-refractivity contribution in [3.63, 3.8) is 0 Å². The van der Waals surface area contributed by atoms with Gasteiger partial charge in [0.05, 0.1) is 12.7 Å². The summed E-state index contributed by atoms with van der Waals surface area (Å²) in [4.78, 5) is 13.4. The Balaban J connectivity index is 2.92. The molecule has 1 atom stereocenters. The van der Waals surface area contributed by atoms with E-state index < -0.39 is 5.97 Å². The number of nitrogens with zero attached hydrogens (tertiary/aromatic N) is 1. The number of hydrogen-bond acceptors (Lipinski definition) is 3. The molecule has 20 heavy (non-hydrogen) atoms. The minimum absolute atomic E-state index is 0.306. The highest BCUT2D eigenvalue weighted by molar-refractivity contribution is 5.88. The topological polar surface area (TPSA) is 49.8 Å². The zero-order valence-corrected chi connectivity index (χ0v) is 12.8. The fourth-order valence-electron chi connectivity index (χ4n) is 2.15. The Morgan fingerprint density at radius 1 is 1.40 bits per heavy atom. The summed E-state index contributed by atoms with van der Waals surface area (Å²) < 4.78 is 5.34. The predicted octanol–water partition coefficient (Wildman–Crippen LogP) is 3.26. The summed E-state index contributed by atoms with van der Waals surface area (Å²) in [5, 5.41) is 9.09. The van der Waals surface area contributed by atoms with Crippen LogP contribution in [0.2, 0.25) is 0 Å². The molecule has 0 bridgehead atoms. The van der Waals surface area contributed by atoms with E-state index in [9.17, 15) is 4.79 Å². The number of rotatable bonds is 8. The van der Waals surface area contributed by atoms with Gasteiger partial charge in [0.2, 0.25) is 0 Å². The maximum Gasteiger partial charge on any atom is 0.335 e. The largest absolute Gasteiger partial charge is 0.496 e. The van der Waals surface area contributed by atoms with E-state index in [4.69, 9.17) is 9.84 Å². The lowest BCUT2D eigenvalue weighted by Crippen LogP contribution is -2.28. The second-order valence-corrected chi connectivity index (χ2v) is 5.17. The Labute approximate surface area is 121 Å². The number of carboxylic acids is 1. The van der Waals surface area contributed by atoms with E-state index in [0.29, 0.717) is 18.0 Å². The first kappa shape index (κ1) is 16.5. The molecule has 0 radical (unpaired) electrons. The number of carboxylic acid groups (broad SMARTS) is 1. The first-order valence-electron chi connectivity index (χ1n) is 7.14. The monoisotopic (exact) mass is 279 g/mol. The van der Waals surface area contributed by atoms with Gasteiger partial charge < -0.3 is 9.84 Å². The first-order chi connectivity index (χ1) is 9.51. The molecular weight excluding hydrogens is 254 g/mol. The van der Waals surface area contributed by atoms with Crippen LogP contribution in [0.1, 0.15) is 43.1 Å². The summed E-state index contributed by atoms with van der Waals surface area (Å²) >= 11 is 0. The molecule has 0 aromatic heterocycles. The molecule has 0 spiro atoms. The summed E-state index contributed by atoms with van der Waals surface area (Å²) in [6, 6.07) is 5.02. The molecule has 4 heteroatoms. The molecule has 0 aliphatic heterocycles. The van der Waals surface area contributed by atoms with E-state index in [1.54, 1.807) is 25.3 Å². The quantitative estimate of drug-likeness (QED) is 0.793. The third-order valence-electron chi connectivity index (χ3n) is 3.64. The van der Waals surface area contributed by atoms with Gasteiger partial charge in [-0.2, -0.15) is 0 Å². The van der Waals surface area contributed by atoms with Gasteiger partial charge in [-0.05, 0) is 30.7 Å². The zero-order valence-electron chi connectivity index (χ0n) is 12.8. The molecule has 0 saturated carbocycles. The van der Waals surface area contributed by atoms with Crippen molar-refractivity contribution in [2.75, 3.05) is 20.2 Å². The van der Waals surface area contributed by atoms with E-state index in [2.05, 4.69) is 25.7 Å². The first-order valence-corrected chi connectivity index (χ1v) is 7.14. The van der Waals surface area contributed by atoms with Crippen molar-refractivity contribution in [1.29, 1.82) is 0 Å². The van der Waals surface area contributed by atoms with Crippen molar-refractivity contribution < 1.29 is 14.6 Å². The minimum atomic E-state index is -0.904. The second-order valence-electron chi connectivity index (χ2n) is 5.17. The molecule has 0 saturated heterocycles. The lowest BCUT2D eigenvalue weighted by Gasteiger charge is -2.24. The average molecular weight is 279 g/mol. The van der Waals surface area contributed by atoms with Crippen molar-refractivity contribution in [2.24, 2.45) is 5.92 Å². The SMILES string of the molecule is CCC(C)CN(CC)Cc1cc(C(=O)O)ccc1OC. The van der Waals surface area contributed by atoms with Gasteiger partial charge in [0, 0.05) is 18.7 Å². The van der Waals surface area contributed by atoms with Crippen molar-refractivity contribution in [3.8, 4) is 5.75 Å². The van der Waals surface area contributed by atoms with Crippen LogP contribution in [0.15, 0.2) is 18.2 Å². The standard InChI is InChI=1S/C16H25NO3/c1-5-12(3)10-17(6-2)11-14-9-13(16(18)19)7-8-15(14)20-4/h7-9,12H,5-6,10-11H2,1-4H3,(H,18,19). The highest BCUT2D eigenvalue weighted by Gasteiger charge is 2.13. The minimum Gasteiger partial charge on any atom is -0.496 e. The molecule has 0 heterocycles. The third-order valence-corrected chi connectivity index (χ3v) is 3.64. The molecule has 112 valence electrons. The van der Waals surface area contributed by atoms with E-state index >= 15 is 0 Å². The van der Waals surface area contributed by atoms with Crippen LogP contribution in [0.25, 0.3) is 0 Å². The smallest absolute Gasteiger partial charge is 0.335 e. The molecule has 0 aliphatic carbocycles. The van der Waals surface area contributed by atoms with E-state index in [1.165, 1.54) is 0 Å². The van der Waals surface area contributed by atoms with E-state index in [1.807, 2.05) is 0 Å². The van der Waals surface area contributed by atoms with Gasteiger partial charge in [-0.15, -0.1) is 0 Å². The Bertz CT molecular complexity index is 445. The summed E-state index contributed by atoms with van der Waals surface area (Å²) in [6.45, 7) is 9.19. The Morgan fingerprint density at radius 3 is 2.60 bits per heavy atom. The van der Waals surface area contributed by atoms with Crippen molar-refractivity contribution in [1.82, 2.24) is 4.90 Å². The number of ether oxygens (including phenoxy) is 1. The second kappa shape index (κ2) is 7.90. The zero-order chi connectivity index (χ0) is 15.1. The van der Waals surface area contributed by atoms with Crippen LogP contribution in [-0.4, -0.2) is 36.2 Å². The van der Waals surface area contributed by atoms with Gasteiger partial charge in [-0.25, -0.2) is 4.79 Å². The van der Waals surface area contributed by atoms with Gasteiger partial charge >= 0.3 is 5.97 Å². The number of methoxy groups -OCH3 is 1. The van der Waals surface area contributed by atoms with Crippen molar-refractivity contribution >= 4 is 5.97 Å². The van der Waals surface area contributed by atoms with Gasteiger partial charge in [0.1, 0.15) is 5.75 Å². The molecule has 0 aliphatic rings.